The molecule has 0 aromatic heterocycles. The fraction of sp³-hybridized carbons (Fsp3) is 0.469. The zero-order valence-corrected chi connectivity index (χ0v) is 23.2. The summed E-state index contributed by atoms with van der Waals surface area (Å²) in [4.78, 5) is 18.0. The average molecular weight is 530 g/mol. The van der Waals surface area contributed by atoms with E-state index < -0.39 is 0 Å². The van der Waals surface area contributed by atoms with Crippen molar-refractivity contribution in [3.63, 3.8) is 0 Å². The highest BCUT2D eigenvalue weighted by Crippen LogP contribution is 2.24. The molecule has 5 rings (SSSR count). The fourth-order valence-corrected chi connectivity index (χ4v) is 5.62. The summed E-state index contributed by atoms with van der Waals surface area (Å²) in [5, 5.41) is 12.7. The highest BCUT2D eigenvalue weighted by atomic mass is 16.5. The minimum absolute atomic E-state index is 0.0168. The Kier molecular flexibility index (Phi) is 9.83. The number of carbonyl (C=O) groups excluding carboxylic acids is 1. The molecule has 7 nitrogen and oxygen atoms in total. The molecule has 0 saturated carbocycles. The molecule has 0 spiro atoms. The first-order chi connectivity index (χ1) is 19.2. The first-order valence-corrected chi connectivity index (χ1v) is 14.5. The minimum atomic E-state index is -0.0936. The Hall–Kier alpha value is -2.97. The van der Waals surface area contributed by atoms with Crippen LogP contribution in [-0.4, -0.2) is 74.4 Å². The molecule has 3 aromatic rings. The van der Waals surface area contributed by atoms with Crippen LogP contribution in [0.5, 0.6) is 0 Å². The van der Waals surface area contributed by atoms with E-state index in [4.69, 9.17) is 4.74 Å². The van der Waals surface area contributed by atoms with E-state index in [1.165, 1.54) is 22.8 Å². The minimum Gasteiger partial charge on any atom is -0.379 e. The number of nitrogens with zero attached hydrogens (tertiary/aromatic N) is 2. The number of carbonyl (C=O) groups is 1. The molecule has 2 aliphatic rings. The molecule has 2 amide bonds. The Morgan fingerprint density at radius 3 is 2.62 bits per heavy atom. The van der Waals surface area contributed by atoms with Crippen LogP contribution < -0.4 is 16.0 Å². The molecule has 39 heavy (non-hydrogen) atoms. The van der Waals surface area contributed by atoms with Gasteiger partial charge in [-0.3, -0.25) is 4.90 Å². The van der Waals surface area contributed by atoms with Gasteiger partial charge in [-0.05, 0) is 53.8 Å². The van der Waals surface area contributed by atoms with E-state index in [1.807, 2.05) is 4.90 Å². The Bertz CT molecular complexity index is 1180. The summed E-state index contributed by atoms with van der Waals surface area (Å²) < 4.78 is 5.49. The van der Waals surface area contributed by atoms with Gasteiger partial charge in [0.1, 0.15) is 0 Å². The molecule has 2 heterocycles. The van der Waals surface area contributed by atoms with Gasteiger partial charge in [-0.15, -0.1) is 0 Å². The number of rotatable bonds is 11. The molecule has 0 bridgehead atoms. The third kappa shape index (κ3) is 7.79. The maximum absolute atomic E-state index is 13.6. The lowest BCUT2D eigenvalue weighted by Crippen LogP contribution is -2.43. The van der Waals surface area contributed by atoms with E-state index in [0.717, 1.165) is 70.0 Å². The molecular weight excluding hydrogens is 486 g/mol. The molecule has 0 radical (unpaired) electrons. The smallest absolute Gasteiger partial charge is 0.318 e. The SMILES string of the molecule is CC(NC(=O)N(CCCN1CCOCC1)Cc1ccc(CNC2CCNC2)cc1)c1cccc2ccccc12. The van der Waals surface area contributed by atoms with Gasteiger partial charge in [-0.25, -0.2) is 4.79 Å². The summed E-state index contributed by atoms with van der Waals surface area (Å²) in [7, 11) is 0. The van der Waals surface area contributed by atoms with E-state index in [2.05, 4.69) is 94.5 Å². The standard InChI is InChI=1S/C32H43N5O2/c1-25(30-9-4-7-28-6-2-3-8-31(28)30)35-32(38)37(17-5-16-36-18-20-39-21-19-36)24-27-12-10-26(11-13-27)22-34-29-14-15-33-23-29/h2-4,6-13,25,29,33-34H,5,14-24H2,1H3,(H,35,38). The first kappa shape index (κ1) is 27.6. The van der Waals surface area contributed by atoms with Crippen molar-refractivity contribution in [1.82, 2.24) is 25.8 Å². The van der Waals surface area contributed by atoms with E-state index >= 15 is 0 Å². The summed E-state index contributed by atoms with van der Waals surface area (Å²) >= 11 is 0. The van der Waals surface area contributed by atoms with Crippen molar-refractivity contribution in [2.45, 2.75) is 44.9 Å². The summed E-state index contributed by atoms with van der Waals surface area (Å²) in [6.07, 6.45) is 2.12. The zero-order chi connectivity index (χ0) is 26.9. The molecule has 2 saturated heterocycles. The number of hydrogen-bond donors (Lipinski definition) is 3. The van der Waals surface area contributed by atoms with Gasteiger partial charge in [0.25, 0.3) is 0 Å². The number of morpholine rings is 1. The molecule has 208 valence electrons. The van der Waals surface area contributed by atoms with Crippen LogP contribution in [0.15, 0.2) is 66.7 Å². The van der Waals surface area contributed by atoms with Crippen molar-refractivity contribution < 1.29 is 9.53 Å². The molecule has 0 aliphatic carbocycles. The molecule has 3 N–H and O–H groups in total. The highest BCUT2D eigenvalue weighted by molar-refractivity contribution is 5.86. The quantitative estimate of drug-likeness (QED) is 0.346. The number of hydrogen-bond acceptors (Lipinski definition) is 5. The predicted molar refractivity (Wildman–Crippen MR) is 158 cm³/mol. The maximum atomic E-state index is 13.6. The van der Waals surface area contributed by atoms with Crippen LogP contribution in [-0.2, 0) is 17.8 Å². The number of nitrogens with one attached hydrogen (secondary N) is 3. The zero-order valence-electron chi connectivity index (χ0n) is 23.2. The highest BCUT2D eigenvalue weighted by Gasteiger charge is 2.19. The number of fused-ring (bicyclic) bond motifs is 1. The van der Waals surface area contributed by atoms with Crippen LogP contribution in [0, 0.1) is 0 Å². The molecule has 2 fully saturated rings. The van der Waals surface area contributed by atoms with E-state index in [1.54, 1.807) is 0 Å². The Morgan fingerprint density at radius 1 is 1.05 bits per heavy atom. The van der Waals surface area contributed by atoms with Crippen LogP contribution in [0.1, 0.15) is 42.5 Å². The predicted octanol–water partition coefficient (Wildman–Crippen LogP) is 4.29. The lowest BCUT2D eigenvalue weighted by molar-refractivity contribution is 0.0364. The lowest BCUT2D eigenvalue weighted by Gasteiger charge is -2.29. The van der Waals surface area contributed by atoms with Gasteiger partial charge < -0.3 is 25.6 Å². The van der Waals surface area contributed by atoms with Crippen molar-refractivity contribution >= 4 is 16.8 Å². The fourth-order valence-electron chi connectivity index (χ4n) is 5.62. The summed E-state index contributed by atoms with van der Waals surface area (Å²) in [5.74, 6) is 0. The average Bonchev–Trinajstić information content (AvgIpc) is 3.50. The Labute approximate surface area is 232 Å². The van der Waals surface area contributed by atoms with Crippen molar-refractivity contribution in [3.8, 4) is 0 Å². The van der Waals surface area contributed by atoms with E-state index in [9.17, 15) is 4.79 Å². The molecule has 2 aliphatic heterocycles. The third-order valence-electron chi connectivity index (χ3n) is 7.97. The van der Waals surface area contributed by atoms with E-state index in [0.29, 0.717) is 19.1 Å². The van der Waals surface area contributed by atoms with E-state index in [-0.39, 0.29) is 12.1 Å². The normalized spacial score (nSPS) is 18.7. The number of amides is 2. The number of ether oxygens (including phenoxy) is 1. The molecule has 7 heteroatoms. The lowest BCUT2D eigenvalue weighted by atomic mass is 10.00. The molecular formula is C32H43N5O2. The largest absolute Gasteiger partial charge is 0.379 e. The van der Waals surface area contributed by atoms with Crippen molar-refractivity contribution in [3.05, 3.63) is 83.4 Å². The second-order valence-electron chi connectivity index (χ2n) is 10.9. The van der Waals surface area contributed by atoms with Gasteiger partial charge in [-0.1, -0.05) is 66.7 Å². The van der Waals surface area contributed by atoms with Crippen LogP contribution in [0.2, 0.25) is 0 Å². The van der Waals surface area contributed by atoms with Gasteiger partial charge >= 0.3 is 6.03 Å². The Balaban J connectivity index is 1.22. The molecule has 2 atom stereocenters. The number of urea groups is 1. The summed E-state index contributed by atoms with van der Waals surface area (Å²) in [6, 6.07) is 23.8. The van der Waals surface area contributed by atoms with Crippen molar-refractivity contribution in [1.29, 1.82) is 0 Å². The Morgan fingerprint density at radius 2 is 1.82 bits per heavy atom. The third-order valence-corrected chi connectivity index (χ3v) is 7.97. The number of benzene rings is 3. The van der Waals surface area contributed by atoms with Gasteiger partial charge in [0.05, 0.1) is 19.3 Å². The maximum Gasteiger partial charge on any atom is 0.318 e. The van der Waals surface area contributed by atoms with Gasteiger partial charge in [0.2, 0.25) is 0 Å². The first-order valence-electron chi connectivity index (χ1n) is 14.5. The summed E-state index contributed by atoms with van der Waals surface area (Å²) in [5.41, 5.74) is 3.57. The molecule has 2 unspecified atom stereocenters. The topological polar surface area (TPSA) is 68.9 Å². The van der Waals surface area contributed by atoms with Gasteiger partial charge in [0.15, 0.2) is 0 Å². The second kappa shape index (κ2) is 13.9. The monoisotopic (exact) mass is 529 g/mol. The van der Waals surface area contributed by atoms with Gasteiger partial charge in [0, 0.05) is 51.9 Å². The van der Waals surface area contributed by atoms with Crippen molar-refractivity contribution in [2.24, 2.45) is 0 Å². The van der Waals surface area contributed by atoms with Crippen molar-refractivity contribution in [2.75, 3.05) is 52.5 Å². The van der Waals surface area contributed by atoms with Crippen LogP contribution in [0.25, 0.3) is 10.8 Å². The van der Waals surface area contributed by atoms with Crippen LogP contribution in [0.3, 0.4) is 0 Å². The van der Waals surface area contributed by atoms with Crippen LogP contribution >= 0.6 is 0 Å². The van der Waals surface area contributed by atoms with Crippen LogP contribution in [0.4, 0.5) is 4.79 Å². The summed E-state index contributed by atoms with van der Waals surface area (Å²) in [6.45, 7) is 10.9. The second-order valence-corrected chi connectivity index (χ2v) is 10.9. The van der Waals surface area contributed by atoms with Gasteiger partial charge in [-0.2, -0.15) is 0 Å². The molecule has 3 aromatic carbocycles.